The third-order valence-electron chi connectivity index (χ3n) is 2.26. The number of hydrogen-bond donors (Lipinski definition) is 0. The average molecular weight is 211 g/mol. The molecule has 1 aliphatic rings. The van der Waals surface area contributed by atoms with Crippen molar-refractivity contribution in [3.05, 3.63) is 12.2 Å². The second-order valence-electron chi connectivity index (χ2n) is 3.40. The molecule has 0 aromatic rings. The van der Waals surface area contributed by atoms with Gasteiger partial charge in [-0.2, -0.15) is 0 Å². The van der Waals surface area contributed by atoms with Gasteiger partial charge in [0, 0.05) is 19.5 Å². The molecule has 4 nitrogen and oxygen atoms in total. The Bertz CT molecular complexity index is 261. The summed E-state index contributed by atoms with van der Waals surface area (Å²) in [5.74, 6) is -0.259. The Balaban J connectivity index is 2.23. The number of hydrogen-bond acceptors (Lipinski definition) is 3. The second kappa shape index (κ2) is 6.22. The van der Waals surface area contributed by atoms with Gasteiger partial charge in [-0.1, -0.05) is 12.2 Å². The molecular weight excluding hydrogens is 194 g/mol. The van der Waals surface area contributed by atoms with Crippen LogP contribution in [0.5, 0.6) is 0 Å². The summed E-state index contributed by atoms with van der Waals surface area (Å²) in [4.78, 5) is 24.4. The molecule has 1 aliphatic heterocycles. The number of rotatable bonds is 4. The van der Waals surface area contributed by atoms with Crippen LogP contribution in [0.3, 0.4) is 0 Å². The zero-order chi connectivity index (χ0) is 11.1. The molecule has 0 unspecified atom stereocenters. The van der Waals surface area contributed by atoms with Crippen LogP contribution >= 0.6 is 0 Å². The van der Waals surface area contributed by atoms with Crippen LogP contribution in [0.25, 0.3) is 0 Å². The van der Waals surface area contributed by atoms with Crippen molar-refractivity contribution >= 4 is 11.9 Å². The summed E-state index contributed by atoms with van der Waals surface area (Å²) in [6.07, 6.45) is 5.39. The Kier molecular flexibility index (Phi) is 4.87. The first kappa shape index (κ1) is 11.8. The molecule has 84 valence electrons. The summed E-state index contributed by atoms with van der Waals surface area (Å²) in [5, 5.41) is 0. The Labute approximate surface area is 89.9 Å². The van der Waals surface area contributed by atoms with Crippen molar-refractivity contribution in [2.75, 3.05) is 19.7 Å². The molecule has 0 aromatic heterocycles. The van der Waals surface area contributed by atoms with E-state index in [1.807, 2.05) is 6.08 Å². The standard InChI is InChI=1S/C11H17NO3/c1-2-15-11(14)7-6-10(13)12-8-4-3-5-9-12/h3-4H,2,5-9H2,1H3. The van der Waals surface area contributed by atoms with Crippen LogP contribution in [0.15, 0.2) is 12.2 Å². The topological polar surface area (TPSA) is 46.6 Å². The highest BCUT2D eigenvalue weighted by molar-refractivity contribution is 5.81. The quantitative estimate of drug-likeness (QED) is 0.517. The lowest BCUT2D eigenvalue weighted by Crippen LogP contribution is -2.33. The highest BCUT2D eigenvalue weighted by atomic mass is 16.5. The van der Waals surface area contributed by atoms with Gasteiger partial charge < -0.3 is 9.64 Å². The van der Waals surface area contributed by atoms with Crippen LogP contribution in [0.4, 0.5) is 0 Å². The molecule has 0 bridgehead atoms. The highest BCUT2D eigenvalue weighted by Crippen LogP contribution is 2.05. The number of esters is 1. The van der Waals surface area contributed by atoms with Crippen molar-refractivity contribution in [1.29, 1.82) is 0 Å². The molecule has 1 rings (SSSR count). The van der Waals surface area contributed by atoms with Crippen molar-refractivity contribution in [3.63, 3.8) is 0 Å². The molecule has 0 aromatic carbocycles. The van der Waals surface area contributed by atoms with Crippen LogP contribution in [-0.4, -0.2) is 36.5 Å². The predicted molar refractivity (Wildman–Crippen MR) is 56.2 cm³/mol. The van der Waals surface area contributed by atoms with Gasteiger partial charge in [-0.05, 0) is 13.3 Å². The fourth-order valence-electron chi connectivity index (χ4n) is 1.47. The van der Waals surface area contributed by atoms with Gasteiger partial charge >= 0.3 is 5.97 Å². The van der Waals surface area contributed by atoms with E-state index in [9.17, 15) is 9.59 Å². The Morgan fingerprint density at radius 3 is 2.73 bits per heavy atom. The second-order valence-corrected chi connectivity index (χ2v) is 3.40. The monoisotopic (exact) mass is 211 g/mol. The molecule has 0 fully saturated rings. The maximum Gasteiger partial charge on any atom is 0.306 e. The van der Waals surface area contributed by atoms with E-state index in [1.165, 1.54) is 0 Å². The predicted octanol–water partition coefficient (Wildman–Crippen LogP) is 1.12. The largest absolute Gasteiger partial charge is 0.466 e. The summed E-state index contributed by atoms with van der Waals surface area (Å²) in [7, 11) is 0. The number of carbonyl (C=O) groups is 2. The van der Waals surface area contributed by atoms with Gasteiger partial charge in [0.1, 0.15) is 0 Å². The minimum absolute atomic E-state index is 0.0346. The van der Waals surface area contributed by atoms with Crippen LogP contribution < -0.4 is 0 Å². The first-order valence-corrected chi connectivity index (χ1v) is 5.32. The third kappa shape index (κ3) is 4.14. The molecule has 0 radical (unpaired) electrons. The number of amides is 1. The van der Waals surface area contributed by atoms with Crippen LogP contribution in [0.1, 0.15) is 26.2 Å². The van der Waals surface area contributed by atoms with E-state index in [0.717, 1.165) is 13.0 Å². The first-order chi connectivity index (χ1) is 7.24. The molecule has 1 amide bonds. The summed E-state index contributed by atoms with van der Waals surface area (Å²) in [6.45, 7) is 3.56. The Morgan fingerprint density at radius 2 is 2.13 bits per heavy atom. The minimum Gasteiger partial charge on any atom is -0.466 e. The molecule has 0 saturated carbocycles. The summed E-state index contributed by atoms with van der Waals surface area (Å²) < 4.78 is 4.76. The maximum absolute atomic E-state index is 11.6. The van der Waals surface area contributed by atoms with Crippen LogP contribution in [0.2, 0.25) is 0 Å². The van der Waals surface area contributed by atoms with E-state index in [0.29, 0.717) is 13.2 Å². The lowest BCUT2D eigenvalue weighted by molar-refractivity contribution is -0.145. The number of carbonyl (C=O) groups excluding carboxylic acids is 2. The van der Waals surface area contributed by atoms with E-state index in [1.54, 1.807) is 11.8 Å². The van der Waals surface area contributed by atoms with Crippen molar-refractivity contribution in [2.45, 2.75) is 26.2 Å². The van der Waals surface area contributed by atoms with Crippen molar-refractivity contribution in [2.24, 2.45) is 0 Å². The highest BCUT2D eigenvalue weighted by Gasteiger charge is 2.15. The summed E-state index contributed by atoms with van der Waals surface area (Å²) in [5.41, 5.74) is 0. The van der Waals surface area contributed by atoms with Gasteiger partial charge in [-0.3, -0.25) is 9.59 Å². The Hall–Kier alpha value is -1.32. The number of nitrogens with zero attached hydrogens (tertiary/aromatic N) is 1. The van der Waals surface area contributed by atoms with Gasteiger partial charge in [0.15, 0.2) is 0 Å². The van der Waals surface area contributed by atoms with Gasteiger partial charge in [-0.25, -0.2) is 0 Å². The maximum atomic E-state index is 11.6. The SMILES string of the molecule is CCOC(=O)CCC(=O)N1CC=CCC1. The van der Waals surface area contributed by atoms with Crippen molar-refractivity contribution in [1.82, 2.24) is 4.90 Å². The summed E-state index contributed by atoms with van der Waals surface area (Å²) >= 11 is 0. The Morgan fingerprint density at radius 1 is 1.33 bits per heavy atom. The molecule has 0 saturated heterocycles. The molecule has 0 aliphatic carbocycles. The van der Waals surface area contributed by atoms with Crippen LogP contribution in [0, 0.1) is 0 Å². The van der Waals surface area contributed by atoms with Gasteiger partial charge in [0.25, 0.3) is 0 Å². The molecular formula is C11H17NO3. The van der Waals surface area contributed by atoms with Crippen molar-refractivity contribution in [3.8, 4) is 0 Å². The van der Waals surface area contributed by atoms with E-state index in [4.69, 9.17) is 4.74 Å². The van der Waals surface area contributed by atoms with E-state index < -0.39 is 0 Å². The number of ether oxygens (including phenoxy) is 1. The van der Waals surface area contributed by atoms with E-state index in [-0.39, 0.29) is 24.7 Å². The molecule has 15 heavy (non-hydrogen) atoms. The average Bonchev–Trinajstić information content (AvgIpc) is 2.27. The van der Waals surface area contributed by atoms with Crippen molar-refractivity contribution < 1.29 is 14.3 Å². The van der Waals surface area contributed by atoms with E-state index in [2.05, 4.69) is 6.08 Å². The van der Waals surface area contributed by atoms with Gasteiger partial charge in [-0.15, -0.1) is 0 Å². The fourth-order valence-corrected chi connectivity index (χ4v) is 1.47. The molecule has 0 atom stereocenters. The van der Waals surface area contributed by atoms with Gasteiger partial charge in [0.05, 0.1) is 13.0 Å². The van der Waals surface area contributed by atoms with Gasteiger partial charge in [0.2, 0.25) is 5.91 Å². The lowest BCUT2D eigenvalue weighted by atomic mass is 10.2. The summed E-state index contributed by atoms with van der Waals surface area (Å²) in [6, 6.07) is 0. The fraction of sp³-hybridized carbons (Fsp3) is 0.636. The van der Waals surface area contributed by atoms with E-state index >= 15 is 0 Å². The lowest BCUT2D eigenvalue weighted by Gasteiger charge is -2.23. The molecule has 0 spiro atoms. The normalized spacial score (nSPS) is 15.1. The molecule has 0 N–H and O–H groups in total. The molecule has 4 heteroatoms. The first-order valence-electron chi connectivity index (χ1n) is 5.32. The zero-order valence-corrected chi connectivity index (χ0v) is 9.07. The molecule has 1 heterocycles. The minimum atomic E-state index is -0.293. The smallest absolute Gasteiger partial charge is 0.306 e. The zero-order valence-electron chi connectivity index (χ0n) is 9.07. The van der Waals surface area contributed by atoms with Crippen LogP contribution in [-0.2, 0) is 14.3 Å². The third-order valence-corrected chi connectivity index (χ3v) is 2.26.